The van der Waals surface area contributed by atoms with E-state index in [1.54, 1.807) is 0 Å². The number of hydrogen-bond acceptors (Lipinski definition) is 1. The second-order valence-corrected chi connectivity index (χ2v) is 4.25. The zero-order valence-corrected chi connectivity index (χ0v) is 8.75. The molecule has 13 heavy (non-hydrogen) atoms. The zero-order chi connectivity index (χ0) is 9.68. The third-order valence-electron chi connectivity index (χ3n) is 2.73. The summed E-state index contributed by atoms with van der Waals surface area (Å²) in [5, 5.41) is 0. The molecule has 1 heteroatoms. The summed E-state index contributed by atoms with van der Waals surface area (Å²) in [5.41, 5.74) is 0. The minimum atomic E-state index is 0.206. The number of allylic oxidation sites excluding steroid dienone is 2. The molecule has 0 amide bonds. The molecular formula is C12H20O. The standard InChI is InChI=1S/C12H20O/c1-10(2)12(13)11-8-6-4-3-5-7-9-11/h4,6,10-11H,3,5,7-9H2,1-2H3/b6-4-. The quantitative estimate of drug-likeness (QED) is 0.596. The molecule has 1 unspecified atom stereocenters. The number of rotatable bonds is 2. The second kappa shape index (κ2) is 5.21. The van der Waals surface area contributed by atoms with Crippen molar-refractivity contribution in [1.29, 1.82) is 0 Å². The van der Waals surface area contributed by atoms with Gasteiger partial charge in [-0.05, 0) is 25.7 Å². The highest BCUT2D eigenvalue weighted by Gasteiger charge is 2.19. The first kappa shape index (κ1) is 10.5. The van der Waals surface area contributed by atoms with Gasteiger partial charge in [0.05, 0.1) is 0 Å². The average molecular weight is 180 g/mol. The normalized spacial score (nSPS) is 26.5. The maximum Gasteiger partial charge on any atom is 0.138 e. The summed E-state index contributed by atoms with van der Waals surface area (Å²) in [5.74, 6) is 0.959. The van der Waals surface area contributed by atoms with Gasteiger partial charge in [-0.25, -0.2) is 0 Å². The Labute approximate surface area is 81.2 Å². The van der Waals surface area contributed by atoms with Crippen LogP contribution in [0.3, 0.4) is 0 Å². The number of ketones is 1. The maximum absolute atomic E-state index is 11.7. The maximum atomic E-state index is 11.7. The highest BCUT2D eigenvalue weighted by molar-refractivity contribution is 5.82. The predicted molar refractivity (Wildman–Crippen MR) is 55.6 cm³/mol. The van der Waals surface area contributed by atoms with Gasteiger partial charge in [0.1, 0.15) is 5.78 Å². The minimum Gasteiger partial charge on any atom is -0.299 e. The first-order chi connectivity index (χ1) is 6.22. The molecule has 1 nitrogen and oxygen atoms in total. The van der Waals surface area contributed by atoms with E-state index in [1.807, 2.05) is 13.8 Å². The van der Waals surface area contributed by atoms with E-state index in [1.165, 1.54) is 19.3 Å². The Bertz CT molecular complexity index is 191. The van der Waals surface area contributed by atoms with Crippen LogP contribution in [0.25, 0.3) is 0 Å². The van der Waals surface area contributed by atoms with Crippen LogP contribution in [0.5, 0.6) is 0 Å². The summed E-state index contributed by atoms with van der Waals surface area (Å²) in [6, 6.07) is 0. The van der Waals surface area contributed by atoms with Gasteiger partial charge in [-0.2, -0.15) is 0 Å². The lowest BCUT2D eigenvalue weighted by atomic mass is 9.86. The van der Waals surface area contributed by atoms with E-state index in [2.05, 4.69) is 12.2 Å². The molecule has 0 saturated carbocycles. The smallest absolute Gasteiger partial charge is 0.138 e. The molecule has 0 fully saturated rings. The molecule has 74 valence electrons. The minimum absolute atomic E-state index is 0.206. The van der Waals surface area contributed by atoms with Crippen LogP contribution in [0.15, 0.2) is 12.2 Å². The van der Waals surface area contributed by atoms with Gasteiger partial charge >= 0.3 is 0 Å². The van der Waals surface area contributed by atoms with Crippen molar-refractivity contribution in [2.45, 2.75) is 46.0 Å². The third kappa shape index (κ3) is 3.33. The summed E-state index contributed by atoms with van der Waals surface area (Å²) >= 11 is 0. The van der Waals surface area contributed by atoms with Gasteiger partial charge in [-0.1, -0.05) is 32.4 Å². The fourth-order valence-electron chi connectivity index (χ4n) is 1.88. The van der Waals surface area contributed by atoms with Gasteiger partial charge < -0.3 is 0 Å². The summed E-state index contributed by atoms with van der Waals surface area (Å²) < 4.78 is 0. The summed E-state index contributed by atoms with van der Waals surface area (Å²) in [6.45, 7) is 4.01. The third-order valence-corrected chi connectivity index (χ3v) is 2.73. The Hall–Kier alpha value is -0.590. The van der Waals surface area contributed by atoms with Crippen molar-refractivity contribution in [3.05, 3.63) is 12.2 Å². The highest BCUT2D eigenvalue weighted by Crippen LogP contribution is 2.21. The predicted octanol–water partition coefficient (Wildman–Crippen LogP) is 3.35. The molecule has 1 aliphatic carbocycles. The van der Waals surface area contributed by atoms with Crippen LogP contribution in [0.1, 0.15) is 46.0 Å². The Balaban J connectivity index is 2.51. The molecule has 0 spiro atoms. The lowest BCUT2D eigenvalue weighted by Gasteiger charge is -2.17. The molecule has 0 aliphatic heterocycles. The van der Waals surface area contributed by atoms with Crippen molar-refractivity contribution in [3.63, 3.8) is 0 Å². The van der Waals surface area contributed by atoms with E-state index in [0.29, 0.717) is 11.7 Å². The molecule has 0 N–H and O–H groups in total. The fraction of sp³-hybridized carbons (Fsp3) is 0.750. The van der Waals surface area contributed by atoms with Crippen molar-refractivity contribution in [3.8, 4) is 0 Å². The Morgan fingerprint density at radius 1 is 1.31 bits per heavy atom. The van der Waals surface area contributed by atoms with E-state index in [9.17, 15) is 4.79 Å². The first-order valence-electron chi connectivity index (χ1n) is 5.40. The zero-order valence-electron chi connectivity index (χ0n) is 8.75. The fourth-order valence-corrected chi connectivity index (χ4v) is 1.88. The summed E-state index contributed by atoms with van der Waals surface area (Å²) in [6.07, 6.45) is 10.1. The summed E-state index contributed by atoms with van der Waals surface area (Å²) in [7, 11) is 0. The second-order valence-electron chi connectivity index (χ2n) is 4.25. The Kier molecular flexibility index (Phi) is 4.20. The van der Waals surface area contributed by atoms with Gasteiger partial charge in [0.25, 0.3) is 0 Å². The number of carbonyl (C=O) groups excluding carboxylic acids is 1. The Morgan fingerprint density at radius 3 is 2.77 bits per heavy atom. The van der Waals surface area contributed by atoms with E-state index in [0.717, 1.165) is 12.8 Å². The molecule has 0 radical (unpaired) electrons. The van der Waals surface area contributed by atoms with Gasteiger partial charge in [0.15, 0.2) is 0 Å². The largest absolute Gasteiger partial charge is 0.299 e. The van der Waals surface area contributed by atoms with Crippen LogP contribution in [0, 0.1) is 11.8 Å². The molecule has 0 aromatic rings. The molecular weight excluding hydrogens is 160 g/mol. The summed E-state index contributed by atoms with van der Waals surface area (Å²) in [4.78, 5) is 11.7. The molecule has 0 aromatic heterocycles. The molecule has 1 aliphatic rings. The van der Waals surface area contributed by atoms with Gasteiger partial charge in [0.2, 0.25) is 0 Å². The van der Waals surface area contributed by atoms with Crippen LogP contribution in [-0.2, 0) is 4.79 Å². The van der Waals surface area contributed by atoms with E-state index in [4.69, 9.17) is 0 Å². The van der Waals surface area contributed by atoms with Crippen LogP contribution in [0.2, 0.25) is 0 Å². The van der Waals surface area contributed by atoms with Crippen molar-refractivity contribution in [2.75, 3.05) is 0 Å². The molecule has 1 atom stereocenters. The Morgan fingerprint density at radius 2 is 2.08 bits per heavy atom. The van der Waals surface area contributed by atoms with E-state index in [-0.39, 0.29) is 5.92 Å². The molecule has 0 bridgehead atoms. The van der Waals surface area contributed by atoms with Crippen LogP contribution in [-0.4, -0.2) is 5.78 Å². The van der Waals surface area contributed by atoms with E-state index >= 15 is 0 Å². The number of Topliss-reactive ketones (excluding diaryl/α,β-unsaturated/α-hetero) is 1. The van der Waals surface area contributed by atoms with Crippen molar-refractivity contribution >= 4 is 5.78 Å². The van der Waals surface area contributed by atoms with Gasteiger partial charge in [-0.3, -0.25) is 4.79 Å². The molecule has 0 saturated heterocycles. The topological polar surface area (TPSA) is 17.1 Å². The van der Waals surface area contributed by atoms with Crippen LogP contribution >= 0.6 is 0 Å². The van der Waals surface area contributed by atoms with Crippen molar-refractivity contribution in [2.24, 2.45) is 11.8 Å². The van der Waals surface area contributed by atoms with E-state index < -0.39 is 0 Å². The van der Waals surface area contributed by atoms with Crippen molar-refractivity contribution in [1.82, 2.24) is 0 Å². The van der Waals surface area contributed by atoms with Gasteiger partial charge in [-0.15, -0.1) is 0 Å². The lowest BCUT2D eigenvalue weighted by molar-refractivity contribution is -0.126. The lowest BCUT2D eigenvalue weighted by Crippen LogP contribution is -2.19. The molecule has 0 aromatic carbocycles. The van der Waals surface area contributed by atoms with Crippen LogP contribution < -0.4 is 0 Å². The average Bonchev–Trinajstić information content (AvgIpc) is 2.02. The van der Waals surface area contributed by atoms with Crippen LogP contribution in [0.4, 0.5) is 0 Å². The van der Waals surface area contributed by atoms with Gasteiger partial charge in [0, 0.05) is 11.8 Å². The SMILES string of the molecule is CC(C)C(=O)C1C/C=C\CCCC1. The number of hydrogen-bond donors (Lipinski definition) is 0. The highest BCUT2D eigenvalue weighted by atomic mass is 16.1. The molecule has 0 heterocycles. The van der Waals surface area contributed by atoms with Crippen molar-refractivity contribution < 1.29 is 4.79 Å². The monoisotopic (exact) mass is 180 g/mol. The number of carbonyl (C=O) groups is 1. The molecule has 1 rings (SSSR count). The first-order valence-corrected chi connectivity index (χ1v) is 5.40.